The lowest BCUT2D eigenvalue weighted by molar-refractivity contribution is -0.134. The molecule has 5 aliphatic heterocycles. The van der Waals surface area contributed by atoms with E-state index in [2.05, 4.69) is 37.5 Å². The van der Waals surface area contributed by atoms with E-state index in [1.165, 1.54) is 12.1 Å². The van der Waals surface area contributed by atoms with Crippen LogP contribution in [0.25, 0.3) is 11.3 Å². The van der Waals surface area contributed by atoms with Crippen LogP contribution in [0.2, 0.25) is 0 Å². The quantitative estimate of drug-likeness (QED) is 0.263. The van der Waals surface area contributed by atoms with Crippen LogP contribution in [0.15, 0.2) is 53.7 Å². The molecule has 2 atom stereocenters. The highest BCUT2D eigenvalue weighted by molar-refractivity contribution is 6.19. The van der Waals surface area contributed by atoms with Crippen molar-refractivity contribution in [2.75, 3.05) is 65.9 Å². The lowest BCUT2D eigenvalue weighted by atomic mass is 9.89. The van der Waals surface area contributed by atoms with Gasteiger partial charge in [-0.2, -0.15) is 10.1 Å². The van der Waals surface area contributed by atoms with Gasteiger partial charge in [-0.15, -0.1) is 0 Å². The summed E-state index contributed by atoms with van der Waals surface area (Å²) in [6.45, 7) is 7.55. The monoisotopic (exact) mass is 834 g/mol. The van der Waals surface area contributed by atoms with Gasteiger partial charge >= 0.3 is 0 Å². The summed E-state index contributed by atoms with van der Waals surface area (Å²) in [5, 5.41) is 9.94. The van der Waals surface area contributed by atoms with Crippen molar-refractivity contribution in [1.29, 1.82) is 0 Å². The van der Waals surface area contributed by atoms with Gasteiger partial charge in [-0.25, -0.2) is 13.5 Å². The van der Waals surface area contributed by atoms with E-state index < -0.39 is 35.3 Å². The van der Waals surface area contributed by atoms with Crippen LogP contribution < -0.4 is 30.1 Å². The van der Waals surface area contributed by atoms with Crippen LogP contribution in [0.5, 0.6) is 5.88 Å². The Bertz CT molecular complexity index is 2440. The molecule has 0 saturated carbocycles. The van der Waals surface area contributed by atoms with E-state index in [4.69, 9.17) is 4.74 Å². The molecular weight excluding hydrogens is 787 g/mol. The van der Waals surface area contributed by atoms with Crippen LogP contribution in [0.1, 0.15) is 73.0 Å². The van der Waals surface area contributed by atoms with Crippen LogP contribution in [-0.4, -0.2) is 101 Å². The number of nitrogens with one attached hydrogen (secondary N) is 2. The average molecular weight is 835 g/mol. The van der Waals surface area contributed by atoms with E-state index in [0.29, 0.717) is 92.2 Å². The number of rotatable bonds is 4. The zero-order valence-corrected chi connectivity index (χ0v) is 34.4. The number of nitrogens with zero attached hydrogens (tertiary/aromatic N) is 8. The van der Waals surface area contributed by atoms with E-state index in [9.17, 15) is 19.2 Å². The van der Waals surface area contributed by atoms with Crippen molar-refractivity contribution in [3.8, 4) is 17.1 Å². The minimum absolute atomic E-state index is 0.0256. The van der Waals surface area contributed by atoms with Gasteiger partial charge in [0.05, 0.1) is 47.9 Å². The minimum atomic E-state index is -1.05. The number of anilines is 4. The first-order valence-corrected chi connectivity index (χ1v) is 21.0. The summed E-state index contributed by atoms with van der Waals surface area (Å²) in [6, 6.07) is 12.0. The molecule has 3 saturated heterocycles. The van der Waals surface area contributed by atoms with E-state index >= 15 is 8.78 Å². The third-order valence-electron chi connectivity index (χ3n) is 12.5. The molecule has 61 heavy (non-hydrogen) atoms. The third-order valence-corrected chi connectivity index (χ3v) is 12.5. The molecule has 2 aromatic heterocycles. The molecule has 2 bridgehead atoms. The largest absolute Gasteiger partial charge is 0.477 e. The maximum absolute atomic E-state index is 15.3. The van der Waals surface area contributed by atoms with Gasteiger partial charge < -0.3 is 24.8 Å². The number of aliphatic imine (C=N–C) groups is 1. The van der Waals surface area contributed by atoms with Crippen LogP contribution in [0, 0.1) is 24.5 Å². The molecule has 318 valence electrons. The second-order valence-electron chi connectivity index (χ2n) is 16.7. The standard InChI is InChI=1S/C44H48F2N10O5/c1-25-5-4-16-61-43-32(22-47-52(43)3)36-18-27(17-26(2)48-36)41(59)51-44-49-35-8-6-29(21-37(35)56(44)23-25)55-15-14-54(24-39(55)58)28-10-12-53(13-11-28)30-19-33(45)40(34(46)20-30)31-7-9-38(57)50-42(31)60/h6,8,17-22,25,28,31H,4-5,7,9-16,23-24H2,1-3H3,(H,49,51,59)(H,50,57,60)/t25-,31-/m1/s1. The maximum atomic E-state index is 15.3. The Morgan fingerprint density at radius 2 is 1.66 bits per heavy atom. The van der Waals surface area contributed by atoms with Crippen LogP contribution in [0.3, 0.4) is 0 Å². The van der Waals surface area contributed by atoms with Gasteiger partial charge in [0.15, 0.2) is 0 Å². The van der Waals surface area contributed by atoms with Gasteiger partial charge in [0.1, 0.15) is 11.6 Å². The van der Waals surface area contributed by atoms with E-state index in [1.54, 1.807) is 23.0 Å². The normalized spacial score (nSPS) is 22.6. The molecule has 0 spiro atoms. The van der Waals surface area contributed by atoms with Gasteiger partial charge in [0.2, 0.25) is 29.6 Å². The number of carbonyl (C=O) groups excluding carboxylic acids is 4. The van der Waals surface area contributed by atoms with E-state index in [1.807, 2.05) is 46.9 Å². The number of hydrogen-bond acceptors (Lipinski definition) is 11. The fraction of sp³-hybridized carbons (Fsp3) is 0.432. The van der Waals surface area contributed by atoms with Crippen molar-refractivity contribution >= 4 is 52.3 Å². The van der Waals surface area contributed by atoms with Crippen LogP contribution in [-0.2, 0) is 21.4 Å². The van der Waals surface area contributed by atoms with Gasteiger partial charge in [-0.1, -0.05) is 6.92 Å². The molecule has 0 unspecified atom stereocenters. The van der Waals surface area contributed by atoms with Crippen molar-refractivity contribution in [3.63, 3.8) is 0 Å². The van der Waals surface area contributed by atoms with Gasteiger partial charge in [-0.3, -0.25) is 34.4 Å². The molecule has 9 rings (SSSR count). The molecule has 4 amide bonds. The van der Waals surface area contributed by atoms with Crippen molar-refractivity contribution in [3.05, 3.63) is 77.1 Å². The molecule has 2 aromatic carbocycles. The molecule has 2 N–H and O–H groups in total. The number of halogens is 2. The number of benzene rings is 2. The highest BCUT2D eigenvalue weighted by atomic mass is 19.1. The molecular formula is C44H48F2N10O5. The Morgan fingerprint density at radius 1 is 0.869 bits per heavy atom. The first-order valence-electron chi connectivity index (χ1n) is 21.0. The zero-order valence-electron chi connectivity index (χ0n) is 34.4. The first kappa shape index (κ1) is 40.2. The number of aromatic nitrogens is 3. The number of hydrogen-bond donors (Lipinski definition) is 2. The predicted molar refractivity (Wildman–Crippen MR) is 225 cm³/mol. The summed E-state index contributed by atoms with van der Waals surface area (Å²) < 4.78 is 38.5. The number of imide groups is 1. The summed E-state index contributed by atoms with van der Waals surface area (Å²) >= 11 is 0. The fourth-order valence-corrected chi connectivity index (χ4v) is 9.28. The fourth-order valence-electron chi connectivity index (χ4n) is 9.28. The number of piperidine rings is 2. The van der Waals surface area contributed by atoms with Crippen molar-refractivity contribution in [1.82, 2.24) is 25.0 Å². The molecule has 0 radical (unpaired) electrons. The number of fused-ring (bicyclic) bond motifs is 7. The molecule has 7 heterocycles. The molecule has 4 aromatic rings. The summed E-state index contributed by atoms with van der Waals surface area (Å²) in [5.41, 5.74) is 4.84. The van der Waals surface area contributed by atoms with E-state index in [0.717, 1.165) is 29.9 Å². The number of amides is 4. The van der Waals surface area contributed by atoms with Crippen molar-refractivity contribution in [2.45, 2.75) is 64.3 Å². The molecule has 5 aliphatic rings. The van der Waals surface area contributed by atoms with Crippen molar-refractivity contribution in [2.24, 2.45) is 18.0 Å². The smallest absolute Gasteiger partial charge is 0.280 e. The molecule has 0 aliphatic carbocycles. The highest BCUT2D eigenvalue weighted by Gasteiger charge is 2.36. The maximum Gasteiger partial charge on any atom is 0.280 e. The number of guanidine groups is 1. The van der Waals surface area contributed by atoms with Crippen LogP contribution in [0.4, 0.5) is 31.5 Å². The highest BCUT2D eigenvalue weighted by Crippen LogP contribution is 2.39. The van der Waals surface area contributed by atoms with Gasteiger partial charge in [-0.05, 0) is 87.4 Å². The third kappa shape index (κ3) is 7.93. The summed E-state index contributed by atoms with van der Waals surface area (Å²) in [6.07, 6.45) is 4.87. The SMILES string of the molecule is Cc1cc2cc(n1)-c1cnn(C)c1OCCC[C@@H](C)CN1/C(=N/C2=O)Nc2ccc(N3CCN(C4CCN(c5cc(F)c([C@H]6CCC(=O)NC6=O)c(F)c5)CC4)CC3=O)cc21. The Morgan fingerprint density at radius 3 is 2.41 bits per heavy atom. The van der Waals surface area contributed by atoms with E-state index in [-0.39, 0.29) is 42.8 Å². The summed E-state index contributed by atoms with van der Waals surface area (Å²) in [7, 11) is 1.82. The molecule has 15 nitrogen and oxygen atoms in total. The number of carbonyl (C=O) groups is 4. The zero-order chi connectivity index (χ0) is 42.5. The topological polar surface area (TPSA) is 158 Å². The Hall–Kier alpha value is -6.23. The van der Waals surface area contributed by atoms with Gasteiger partial charge in [0.25, 0.3) is 5.91 Å². The second kappa shape index (κ2) is 16.3. The molecule has 17 heteroatoms. The van der Waals surface area contributed by atoms with Crippen molar-refractivity contribution < 1.29 is 32.7 Å². The van der Waals surface area contributed by atoms with Gasteiger partial charge in [0, 0.05) is 80.4 Å². The Balaban J connectivity index is 0.876. The number of pyridine rings is 1. The number of ether oxygens (including phenoxy) is 1. The minimum Gasteiger partial charge on any atom is -0.477 e. The molecule has 3 fully saturated rings. The summed E-state index contributed by atoms with van der Waals surface area (Å²) in [5.74, 6) is -2.99. The predicted octanol–water partition coefficient (Wildman–Crippen LogP) is 5.14. The Labute approximate surface area is 351 Å². The number of piperazine rings is 1. The van der Waals surface area contributed by atoms with Crippen LogP contribution >= 0.6 is 0 Å². The Kier molecular flexibility index (Phi) is 10.8. The average Bonchev–Trinajstić information content (AvgIpc) is 3.77. The lowest BCUT2D eigenvalue weighted by Crippen LogP contribution is -2.56. The lowest BCUT2D eigenvalue weighted by Gasteiger charge is -2.43. The second-order valence-corrected chi connectivity index (χ2v) is 16.7. The number of aryl methyl sites for hydroxylation is 2. The first-order chi connectivity index (χ1) is 29.4. The summed E-state index contributed by atoms with van der Waals surface area (Å²) in [4.78, 5) is 68.9.